The third kappa shape index (κ3) is 17.1. The van der Waals surface area contributed by atoms with Crippen molar-refractivity contribution in [3.63, 3.8) is 0 Å². The van der Waals surface area contributed by atoms with E-state index in [4.69, 9.17) is 0 Å². The molecule has 0 radical (unpaired) electrons. The van der Waals surface area contributed by atoms with Gasteiger partial charge < -0.3 is 0 Å². The van der Waals surface area contributed by atoms with E-state index in [1.165, 1.54) is 195 Å². The normalized spacial score (nSPS) is 12.4. The Hall–Kier alpha value is -10.1. The minimum Gasteiger partial charge on any atom is -0.0683 e. The van der Waals surface area contributed by atoms with Crippen LogP contribution in [-0.2, 0) is 43.3 Å². The van der Waals surface area contributed by atoms with Gasteiger partial charge >= 0.3 is 0 Å². The molecule has 0 fully saturated rings. The third-order valence-electron chi connectivity index (χ3n) is 23.3. The van der Waals surface area contributed by atoms with Crippen molar-refractivity contribution in [3.8, 4) is 0 Å². The van der Waals surface area contributed by atoms with Crippen LogP contribution in [0.3, 0.4) is 0 Å². The molecule has 0 spiro atoms. The lowest BCUT2D eigenvalue weighted by molar-refractivity contribution is 0.593. The number of hydrogen-bond donors (Lipinski definition) is 0. The first-order valence-corrected chi connectivity index (χ1v) is 44.4. The quantitative estimate of drug-likeness (QED) is 0.105. The van der Waals surface area contributed by atoms with E-state index < -0.39 is 0 Å². The van der Waals surface area contributed by atoms with Crippen molar-refractivity contribution in [1.82, 2.24) is 0 Å². The van der Waals surface area contributed by atoms with Crippen LogP contribution in [0.2, 0.25) is 0 Å². The van der Waals surface area contributed by atoms with Crippen LogP contribution in [0.4, 0.5) is 0 Å². The summed E-state index contributed by atoms with van der Waals surface area (Å²) >= 11 is 0. The molecule has 0 heteroatoms. The predicted molar refractivity (Wildman–Crippen MR) is 537 cm³/mol. The molecule has 118 heavy (non-hydrogen) atoms. The van der Waals surface area contributed by atoms with Gasteiger partial charge in [-0.1, -0.05) is 416 Å². The van der Waals surface area contributed by atoms with Crippen molar-refractivity contribution in [2.45, 2.75) is 265 Å². The molecule has 0 aliphatic carbocycles. The van der Waals surface area contributed by atoms with E-state index in [9.17, 15) is 0 Å². The highest BCUT2D eigenvalue weighted by Crippen LogP contribution is 2.51. The second-order valence-electron chi connectivity index (χ2n) is 40.1. The summed E-state index contributed by atoms with van der Waals surface area (Å²) in [6, 6.07) is 95.3. The van der Waals surface area contributed by atoms with Gasteiger partial charge in [0.1, 0.15) is 0 Å². The lowest BCUT2D eigenvalue weighted by Crippen LogP contribution is -2.17. The molecule has 0 saturated heterocycles. The van der Waals surface area contributed by atoms with E-state index in [1.807, 2.05) is 55.4 Å². The van der Waals surface area contributed by atoms with Gasteiger partial charge in [-0.15, -0.1) is 0 Å². The van der Waals surface area contributed by atoms with Crippen molar-refractivity contribution >= 4 is 151 Å². The van der Waals surface area contributed by atoms with Crippen molar-refractivity contribution < 1.29 is 0 Å². The molecule has 0 bridgehead atoms. The summed E-state index contributed by atoms with van der Waals surface area (Å²) in [5, 5.41) is 38.4. The zero-order valence-electron chi connectivity index (χ0n) is 78.2. The molecule has 0 saturated carbocycles. The van der Waals surface area contributed by atoms with E-state index in [1.54, 1.807) is 0 Å². The molecule has 0 aromatic heterocycles. The average molecular weight is 1560 g/mol. The average Bonchev–Trinajstić information content (AvgIpc) is 0.732. The standard InChI is InChI=1S/2C30H30.C26H28.C24H26.4C2H6/c1-29(2,3)27-23-15-19-11-7-9-13-21(19)17-25(23)28(30(4,5)6)26-18-22-14-10-8-12-20(22)16-24(26)27;1-29(2,3)27-23-14-10-9-13-21(23)17-25-26(27)18-22-15-19-11-7-8-12-20(19)16-24(22)28(25)30(4,5)6;1-25(2,3)23-19-13-9-10-14-20(19)24(26(4,5)6)22-18-12-8-7-11-17(18)15-16-21(22)23;1-23(2,3)19-13-15-9-8-12-18-20(24(4,5)6)14-16-10-7-11-17(19)21(16)22(15)18;4*1-2/h2*7-18H,1-6H3;7-16H,1-6H3;7-14H,1-6H3;4*1-2H3. The minimum absolute atomic E-state index is 0.0395. The Morgan fingerprint density at radius 2 is 0.364 bits per heavy atom. The van der Waals surface area contributed by atoms with E-state index in [0.717, 1.165) is 0 Å². The molecular weight excluding hydrogens is 1420 g/mol. The van der Waals surface area contributed by atoms with Gasteiger partial charge in [-0.05, 0) is 299 Å². The maximum Gasteiger partial charge on any atom is -0.00236 e. The van der Waals surface area contributed by atoms with Crippen molar-refractivity contribution in [2.24, 2.45) is 0 Å². The van der Waals surface area contributed by atoms with Crippen molar-refractivity contribution in [1.29, 1.82) is 0 Å². The van der Waals surface area contributed by atoms with Crippen LogP contribution in [0.5, 0.6) is 0 Å². The molecule has 610 valence electrons. The summed E-state index contributed by atoms with van der Waals surface area (Å²) in [4.78, 5) is 0. The summed E-state index contributed by atoms with van der Waals surface area (Å²) in [5.41, 5.74) is 12.2. The second-order valence-corrected chi connectivity index (χ2v) is 40.1. The summed E-state index contributed by atoms with van der Waals surface area (Å²) in [7, 11) is 0. The van der Waals surface area contributed by atoms with Crippen LogP contribution in [0.1, 0.15) is 266 Å². The van der Waals surface area contributed by atoms with Gasteiger partial charge in [0.2, 0.25) is 0 Å². The highest BCUT2D eigenvalue weighted by Gasteiger charge is 2.33. The Morgan fingerprint density at radius 3 is 0.712 bits per heavy atom. The van der Waals surface area contributed by atoms with Gasteiger partial charge in [0.25, 0.3) is 0 Å². The molecule has 0 atom stereocenters. The maximum absolute atomic E-state index is 2.44. The zero-order valence-corrected chi connectivity index (χ0v) is 78.2. The molecule has 0 N–H and O–H groups in total. The van der Waals surface area contributed by atoms with Crippen LogP contribution in [-0.4, -0.2) is 0 Å². The molecule has 0 heterocycles. The second kappa shape index (κ2) is 33.9. The minimum atomic E-state index is 0.0395. The van der Waals surface area contributed by atoms with E-state index in [-0.39, 0.29) is 43.3 Å². The van der Waals surface area contributed by atoms with Crippen LogP contribution in [0.15, 0.2) is 255 Å². The molecule has 0 aliphatic heterocycles. The molecular formula is C118H138. The third-order valence-corrected chi connectivity index (χ3v) is 23.3. The van der Waals surface area contributed by atoms with Gasteiger partial charge in [0, 0.05) is 0 Å². The van der Waals surface area contributed by atoms with Crippen LogP contribution in [0, 0.1) is 0 Å². The van der Waals surface area contributed by atoms with Crippen LogP contribution >= 0.6 is 0 Å². The Balaban J connectivity index is 0.000000150. The molecule has 0 aliphatic rings. The molecule has 0 amide bonds. The van der Waals surface area contributed by atoms with E-state index >= 15 is 0 Å². The van der Waals surface area contributed by atoms with Gasteiger partial charge in [0.05, 0.1) is 0 Å². The molecule has 0 unspecified atom stereocenters. The number of rotatable bonds is 0. The fraction of sp³-hybridized carbons (Fsp3) is 0.339. The summed E-state index contributed by atoms with van der Waals surface area (Å²) in [5.74, 6) is 0. The fourth-order valence-electron chi connectivity index (χ4n) is 19.1. The maximum atomic E-state index is 2.44. The van der Waals surface area contributed by atoms with Crippen LogP contribution in [0.25, 0.3) is 151 Å². The first-order valence-electron chi connectivity index (χ1n) is 44.4. The Kier molecular flexibility index (Phi) is 25.5. The number of hydrogen-bond acceptors (Lipinski definition) is 0. The fourth-order valence-corrected chi connectivity index (χ4v) is 19.1. The van der Waals surface area contributed by atoms with E-state index in [2.05, 4.69) is 421 Å². The monoisotopic (exact) mass is 1560 g/mol. The van der Waals surface area contributed by atoms with Gasteiger partial charge in [-0.25, -0.2) is 0 Å². The van der Waals surface area contributed by atoms with Crippen molar-refractivity contribution in [2.75, 3.05) is 0 Å². The summed E-state index contributed by atoms with van der Waals surface area (Å²) in [6.45, 7) is 72.1. The topological polar surface area (TPSA) is 0 Å². The van der Waals surface area contributed by atoms with Crippen LogP contribution < -0.4 is 0 Å². The first-order chi connectivity index (χ1) is 55.7. The smallest absolute Gasteiger partial charge is 0.00236 e. The van der Waals surface area contributed by atoms with Gasteiger partial charge in [-0.3, -0.25) is 0 Å². The Labute approximate surface area is 710 Å². The Morgan fingerprint density at radius 1 is 0.127 bits per heavy atom. The Bertz CT molecular complexity index is 6340. The highest BCUT2D eigenvalue weighted by molar-refractivity contribution is 6.25. The number of fused-ring (bicyclic) bond motifs is 12. The molecule has 18 rings (SSSR count). The highest BCUT2D eigenvalue weighted by atomic mass is 14.4. The zero-order chi connectivity index (χ0) is 86.5. The summed E-state index contributed by atoms with van der Waals surface area (Å²) in [6.07, 6.45) is 0. The van der Waals surface area contributed by atoms with Gasteiger partial charge in [0.15, 0.2) is 0 Å². The lowest BCUT2D eigenvalue weighted by Gasteiger charge is -2.31. The predicted octanol–water partition coefficient (Wildman–Crippen LogP) is 36.8. The lowest BCUT2D eigenvalue weighted by atomic mass is 9.73. The largest absolute Gasteiger partial charge is 0.0683 e. The van der Waals surface area contributed by atoms with E-state index in [0.29, 0.717) is 0 Å². The SMILES string of the molecule is CC.CC.CC.CC.CC(C)(C)c1c2cc3ccccc3cc2c(C(C)(C)C)c2cc3ccccc3cc12.CC(C)(C)c1c2ccccc2c(C(C)(C)C)c2c1ccc1ccccc12.CC(C)(C)c1c2ccccc2cc2c(C(C)(C)C)c3cc4ccccc4cc3cc12.CC(C)(C)c1cc2cccc3c(C(C)(C)C)cc4cccc1c4c23. The molecule has 18 aromatic carbocycles. The van der Waals surface area contributed by atoms with Crippen molar-refractivity contribution in [3.05, 3.63) is 299 Å². The summed E-state index contributed by atoms with van der Waals surface area (Å²) < 4.78 is 0. The first kappa shape index (κ1) is 88.7. The molecule has 18 aromatic rings. The van der Waals surface area contributed by atoms with Gasteiger partial charge in [-0.2, -0.15) is 0 Å². The number of benzene rings is 18. The molecule has 0 nitrogen and oxygen atoms in total.